The molecule has 0 fully saturated rings. The summed E-state index contributed by atoms with van der Waals surface area (Å²) in [7, 11) is 0. The highest BCUT2D eigenvalue weighted by Gasteiger charge is 2.10. The number of carboxylic acids is 1. The number of rotatable bonds is 3. The summed E-state index contributed by atoms with van der Waals surface area (Å²) in [6.07, 6.45) is 0. The van der Waals surface area contributed by atoms with Crippen molar-refractivity contribution in [3.63, 3.8) is 0 Å². The number of para-hydroxylation sites is 1. The van der Waals surface area contributed by atoms with Gasteiger partial charge in [-0.2, -0.15) is 5.26 Å². The molecule has 0 aromatic heterocycles. The van der Waals surface area contributed by atoms with Crippen molar-refractivity contribution in [1.82, 2.24) is 0 Å². The Morgan fingerprint density at radius 3 is 2.58 bits per heavy atom. The number of hydrogen-bond acceptors (Lipinski definition) is 3. The SMILES string of the molecule is N#Cc1ccc(Nc2ccccc2C(=O)O)c(Cl)c1. The summed E-state index contributed by atoms with van der Waals surface area (Å²) in [6.45, 7) is 0. The molecule has 2 rings (SSSR count). The van der Waals surface area contributed by atoms with Gasteiger partial charge < -0.3 is 10.4 Å². The molecule has 0 bridgehead atoms. The Balaban J connectivity index is 2.37. The monoisotopic (exact) mass is 272 g/mol. The van der Waals surface area contributed by atoms with Crippen LogP contribution in [0.15, 0.2) is 42.5 Å². The normalized spacial score (nSPS) is 9.68. The number of benzene rings is 2. The van der Waals surface area contributed by atoms with Crippen LogP contribution < -0.4 is 5.32 Å². The summed E-state index contributed by atoms with van der Waals surface area (Å²) in [5.41, 5.74) is 1.60. The number of halogens is 1. The third-order valence-corrected chi connectivity index (χ3v) is 2.84. The molecular weight excluding hydrogens is 264 g/mol. The van der Waals surface area contributed by atoms with E-state index >= 15 is 0 Å². The number of nitrogens with one attached hydrogen (secondary N) is 1. The van der Waals surface area contributed by atoms with Gasteiger partial charge in [-0.3, -0.25) is 0 Å². The zero-order valence-electron chi connectivity index (χ0n) is 9.72. The van der Waals surface area contributed by atoms with Gasteiger partial charge in [-0.05, 0) is 30.3 Å². The molecule has 0 amide bonds. The lowest BCUT2D eigenvalue weighted by atomic mass is 10.1. The van der Waals surface area contributed by atoms with Crippen LogP contribution in [0.2, 0.25) is 5.02 Å². The molecule has 2 N–H and O–H groups in total. The van der Waals surface area contributed by atoms with Crippen LogP contribution in [0.5, 0.6) is 0 Å². The number of nitrogens with zero attached hydrogens (tertiary/aromatic N) is 1. The fraction of sp³-hybridized carbons (Fsp3) is 0. The third-order valence-electron chi connectivity index (χ3n) is 2.52. The van der Waals surface area contributed by atoms with Crippen LogP contribution in [-0.2, 0) is 0 Å². The van der Waals surface area contributed by atoms with Crippen LogP contribution in [-0.4, -0.2) is 11.1 Å². The molecule has 4 nitrogen and oxygen atoms in total. The highest BCUT2D eigenvalue weighted by atomic mass is 35.5. The van der Waals surface area contributed by atoms with Gasteiger partial charge in [0, 0.05) is 0 Å². The largest absolute Gasteiger partial charge is 0.478 e. The van der Waals surface area contributed by atoms with E-state index in [1.54, 1.807) is 30.3 Å². The Morgan fingerprint density at radius 2 is 1.95 bits per heavy atom. The van der Waals surface area contributed by atoms with E-state index < -0.39 is 5.97 Å². The van der Waals surface area contributed by atoms with Gasteiger partial charge in [0.15, 0.2) is 0 Å². The van der Waals surface area contributed by atoms with Crippen molar-refractivity contribution in [3.8, 4) is 6.07 Å². The van der Waals surface area contributed by atoms with Crippen molar-refractivity contribution in [2.75, 3.05) is 5.32 Å². The lowest BCUT2D eigenvalue weighted by Crippen LogP contribution is -2.02. The van der Waals surface area contributed by atoms with Gasteiger partial charge in [-0.25, -0.2) is 4.79 Å². The fourth-order valence-corrected chi connectivity index (χ4v) is 1.84. The molecule has 0 aliphatic heterocycles. The molecule has 0 atom stereocenters. The van der Waals surface area contributed by atoms with Crippen molar-refractivity contribution < 1.29 is 9.90 Å². The van der Waals surface area contributed by atoms with Crippen molar-refractivity contribution in [3.05, 3.63) is 58.6 Å². The molecule has 2 aromatic rings. The molecule has 0 radical (unpaired) electrons. The lowest BCUT2D eigenvalue weighted by Gasteiger charge is -2.10. The van der Waals surface area contributed by atoms with E-state index in [1.165, 1.54) is 12.1 Å². The first-order valence-corrected chi connectivity index (χ1v) is 5.78. The van der Waals surface area contributed by atoms with Crippen LogP contribution in [0, 0.1) is 11.3 Å². The highest BCUT2D eigenvalue weighted by molar-refractivity contribution is 6.33. The second-order valence-corrected chi connectivity index (χ2v) is 4.19. The molecule has 0 aliphatic carbocycles. The first-order valence-electron chi connectivity index (χ1n) is 5.41. The van der Waals surface area contributed by atoms with Gasteiger partial charge in [0.1, 0.15) is 0 Å². The van der Waals surface area contributed by atoms with E-state index in [0.29, 0.717) is 22.0 Å². The summed E-state index contributed by atoms with van der Waals surface area (Å²) in [5.74, 6) is -1.02. The number of carbonyl (C=O) groups is 1. The maximum Gasteiger partial charge on any atom is 0.337 e. The molecule has 0 heterocycles. The van der Waals surface area contributed by atoms with Crippen molar-refractivity contribution in [2.45, 2.75) is 0 Å². The second kappa shape index (κ2) is 5.42. The number of nitriles is 1. The van der Waals surface area contributed by atoms with Gasteiger partial charge in [-0.1, -0.05) is 23.7 Å². The Morgan fingerprint density at radius 1 is 1.21 bits per heavy atom. The zero-order valence-corrected chi connectivity index (χ0v) is 10.5. The second-order valence-electron chi connectivity index (χ2n) is 3.78. The van der Waals surface area contributed by atoms with Gasteiger partial charge >= 0.3 is 5.97 Å². The molecule has 94 valence electrons. The van der Waals surface area contributed by atoms with Crippen molar-refractivity contribution in [1.29, 1.82) is 5.26 Å². The van der Waals surface area contributed by atoms with Gasteiger partial charge in [0.05, 0.1) is 33.6 Å². The molecular formula is C14H9ClN2O2. The number of aromatic carboxylic acids is 1. The molecule has 5 heteroatoms. The smallest absolute Gasteiger partial charge is 0.337 e. The van der Waals surface area contributed by atoms with Gasteiger partial charge in [0.2, 0.25) is 0 Å². The van der Waals surface area contributed by atoms with Crippen LogP contribution in [0.1, 0.15) is 15.9 Å². The van der Waals surface area contributed by atoms with Gasteiger partial charge in [0.25, 0.3) is 0 Å². The minimum atomic E-state index is -1.02. The quantitative estimate of drug-likeness (QED) is 0.894. The summed E-state index contributed by atoms with van der Waals surface area (Å²) < 4.78 is 0. The predicted molar refractivity (Wildman–Crippen MR) is 72.9 cm³/mol. The number of anilines is 2. The minimum absolute atomic E-state index is 0.155. The van der Waals surface area contributed by atoms with Crippen molar-refractivity contribution >= 4 is 28.9 Å². The van der Waals surface area contributed by atoms with E-state index in [4.69, 9.17) is 22.0 Å². The van der Waals surface area contributed by atoms with E-state index in [0.717, 1.165) is 0 Å². The average molecular weight is 273 g/mol. The Kier molecular flexibility index (Phi) is 3.69. The van der Waals surface area contributed by atoms with Crippen LogP contribution >= 0.6 is 11.6 Å². The van der Waals surface area contributed by atoms with E-state index in [1.807, 2.05) is 6.07 Å². The minimum Gasteiger partial charge on any atom is -0.478 e. The third kappa shape index (κ3) is 2.84. The zero-order chi connectivity index (χ0) is 13.8. The maximum absolute atomic E-state index is 11.1. The van der Waals surface area contributed by atoms with E-state index in [9.17, 15) is 4.79 Å². The highest BCUT2D eigenvalue weighted by Crippen LogP contribution is 2.28. The van der Waals surface area contributed by atoms with Crippen LogP contribution in [0.3, 0.4) is 0 Å². The first kappa shape index (κ1) is 12.9. The Hall–Kier alpha value is -2.51. The maximum atomic E-state index is 11.1. The van der Waals surface area contributed by atoms with E-state index in [-0.39, 0.29) is 5.56 Å². The summed E-state index contributed by atoms with van der Waals surface area (Å²) in [5, 5.41) is 21.1. The van der Waals surface area contributed by atoms with E-state index in [2.05, 4.69) is 5.32 Å². The van der Waals surface area contributed by atoms with Gasteiger partial charge in [-0.15, -0.1) is 0 Å². The average Bonchev–Trinajstić information content (AvgIpc) is 2.41. The molecule has 0 spiro atoms. The molecule has 0 aliphatic rings. The molecule has 2 aromatic carbocycles. The Labute approximate surface area is 114 Å². The standard InChI is InChI=1S/C14H9ClN2O2/c15-11-7-9(8-16)5-6-13(11)17-12-4-2-1-3-10(12)14(18)19/h1-7,17H,(H,18,19). The van der Waals surface area contributed by atoms with Crippen LogP contribution in [0.4, 0.5) is 11.4 Å². The van der Waals surface area contributed by atoms with Crippen LogP contribution in [0.25, 0.3) is 0 Å². The Bertz CT molecular complexity index is 677. The first-order chi connectivity index (χ1) is 9.11. The topological polar surface area (TPSA) is 73.1 Å². The van der Waals surface area contributed by atoms with Crippen molar-refractivity contribution in [2.24, 2.45) is 0 Å². The fourth-order valence-electron chi connectivity index (χ4n) is 1.61. The summed E-state index contributed by atoms with van der Waals surface area (Å²) in [6, 6.07) is 13.3. The summed E-state index contributed by atoms with van der Waals surface area (Å²) >= 11 is 6.03. The predicted octanol–water partition coefficient (Wildman–Crippen LogP) is 3.65. The number of hydrogen-bond donors (Lipinski definition) is 2. The lowest BCUT2D eigenvalue weighted by molar-refractivity contribution is 0.0698. The molecule has 19 heavy (non-hydrogen) atoms. The molecule has 0 saturated carbocycles. The molecule has 0 saturated heterocycles. The molecule has 0 unspecified atom stereocenters. The number of carboxylic acid groups (broad SMARTS) is 1. The summed E-state index contributed by atoms with van der Waals surface area (Å²) in [4.78, 5) is 11.1.